The fourth-order valence-corrected chi connectivity index (χ4v) is 3.48. The number of benzene rings is 1. The molecule has 1 aliphatic rings. The van der Waals surface area contributed by atoms with Gasteiger partial charge in [0.15, 0.2) is 5.11 Å². The Morgan fingerprint density at radius 1 is 1.26 bits per heavy atom. The van der Waals surface area contributed by atoms with Crippen molar-refractivity contribution in [2.24, 2.45) is 0 Å². The van der Waals surface area contributed by atoms with Crippen LogP contribution in [-0.4, -0.2) is 21.5 Å². The Morgan fingerprint density at radius 3 is 2.91 bits per heavy atom. The van der Waals surface area contributed by atoms with Crippen molar-refractivity contribution in [2.75, 3.05) is 11.9 Å². The molecule has 0 bridgehead atoms. The fraction of sp³-hybridized carbons (Fsp3) is 0.368. The first-order valence-electron chi connectivity index (χ1n) is 8.20. The predicted molar refractivity (Wildman–Crippen MR) is 99.7 cm³/mol. The van der Waals surface area contributed by atoms with E-state index in [1.807, 2.05) is 18.5 Å². The lowest BCUT2D eigenvalue weighted by Crippen LogP contribution is -2.41. The number of pyridine rings is 1. The summed E-state index contributed by atoms with van der Waals surface area (Å²) in [4.78, 5) is 6.59. The summed E-state index contributed by atoms with van der Waals surface area (Å²) < 4.78 is 0. The second-order valence-corrected chi connectivity index (χ2v) is 6.63. The minimum absolute atomic E-state index is 0.322. The van der Waals surface area contributed by atoms with E-state index in [-0.39, 0.29) is 0 Å². The van der Waals surface area contributed by atoms with E-state index in [1.165, 1.54) is 29.5 Å². The zero-order valence-corrected chi connectivity index (χ0v) is 14.6. The van der Waals surface area contributed by atoms with E-state index >= 15 is 0 Å². The van der Waals surface area contributed by atoms with Gasteiger partial charge in [-0.15, -0.1) is 0 Å². The highest BCUT2D eigenvalue weighted by molar-refractivity contribution is 7.80. The molecule has 2 heterocycles. The minimum Gasteiger partial charge on any atom is -0.342 e. The molecular weight excluding hydrogens is 302 g/mol. The molecule has 1 saturated heterocycles. The lowest BCUT2D eigenvalue weighted by atomic mass is 9.97. The van der Waals surface area contributed by atoms with Gasteiger partial charge in [-0.3, -0.25) is 4.98 Å². The van der Waals surface area contributed by atoms with Crippen LogP contribution in [0.15, 0.2) is 42.7 Å². The molecule has 3 rings (SSSR count). The van der Waals surface area contributed by atoms with Gasteiger partial charge < -0.3 is 10.2 Å². The van der Waals surface area contributed by atoms with Crippen molar-refractivity contribution in [2.45, 2.75) is 39.2 Å². The van der Waals surface area contributed by atoms with Crippen molar-refractivity contribution in [1.29, 1.82) is 0 Å². The Kier molecular flexibility index (Phi) is 4.91. The van der Waals surface area contributed by atoms with Crippen LogP contribution in [0.2, 0.25) is 0 Å². The summed E-state index contributed by atoms with van der Waals surface area (Å²) in [5, 5.41) is 4.27. The Hall–Kier alpha value is -1.94. The van der Waals surface area contributed by atoms with Crippen molar-refractivity contribution in [1.82, 2.24) is 9.88 Å². The molecule has 1 aromatic carbocycles. The molecule has 1 N–H and O–H groups in total. The summed E-state index contributed by atoms with van der Waals surface area (Å²) in [6.45, 7) is 5.21. The third kappa shape index (κ3) is 3.70. The summed E-state index contributed by atoms with van der Waals surface area (Å²) in [6.07, 6.45) is 7.33. The monoisotopic (exact) mass is 325 g/mol. The molecule has 1 atom stereocenters. The molecule has 0 aliphatic carbocycles. The van der Waals surface area contributed by atoms with E-state index in [0.29, 0.717) is 6.04 Å². The van der Waals surface area contributed by atoms with Crippen LogP contribution in [0.1, 0.15) is 42.0 Å². The first kappa shape index (κ1) is 15.9. The smallest absolute Gasteiger partial charge is 0.173 e. The number of nitrogens with zero attached hydrogens (tertiary/aromatic N) is 2. The molecule has 0 radical (unpaired) electrons. The zero-order chi connectivity index (χ0) is 16.2. The van der Waals surface area contributed by atoms with Crippen molar-refractivity contribution in [3.63, 3.8) is 0 Å². The van der Waals surface area contributed by atoms with Crippen LogP contribution < -0.4 is 5.32 Å². The Labute approximate surface area is 143 Å². The van der Waals surface area contributed by atoms with Gasteiger partial charge in [0.25, 0.3) is 0 Å². The van der Waals surface area contributed by atoms with Crippen LogP contribution in [0, 0.1) is 13.8 Å². The van der Waals surface area contributed by atoms with Gasteiger partial charge in [-0.1, -0.05) is 18.2 Å². The number of piperidine rings is 1. The molecule has 3 nitrogen and oxygen atoms in total. The number of hydrogen-bond acceptors (Lipinski definition) is 2. The van der Waals surface area contributed by atoms with Crippen molar-refractivity contribution in [3.8, 4) is 0 Å². The number of aryl methyl sites for hydroxylation is 2. The molecule has 0 spiro atoms. The van der Waals surface area contributed by atoms with Gasteiger partial charge in [0.2, 0.25) is 0 Å². The minimum atomic E-state index is 0.322. The fourth-order valence-electron chi connectivity index (χ4n) is 3.15. The van der Waals surface area contributed by atoms with Crippen LogP contribution in [0.5, 0.6) is 0 Å². The molecule has 0 amide bonds. The summed E-state index contributed by atoms with van der Waals surface area (Å²) in [5.74, 6) is 0. The average molecular weight is 325 g/mol. The molecule has 1 aromatic heterocycles. The number of nitrogens with one attached hydrogen (secondary N) is 1. The summed E-state index contributed by atoms with van der Waals surface area (Å²) in [7, 11) is 0. The van der Waals surface area contributed by atoms with Gasteiger partial charge in [0.1, 0.15) is 0 Å². The van der Waals surface area contributed by atoms with Crippen LogP contribution in [0.3, 0.4) is 0 Å². The van der Waals surface area contributed by atoms with E-state index in [0.717, 1.165) is 23.8 Å². The van der Waals surface area contributed by atoms with E-state index in [2.05, 4.69) is 53.3 Å². The maximum Gasteiger partial charge on any atom is 0.173 e. The van der Waals surface area contributed by atoms with Crippen molar-refractivity contribution < 1.29 is 0 Å². The van der Waals surface area contributed by atoms with Gasteiger partial charge in [-0.05, 0) is 74.2 Å². The quantitative estimate of drug-likeness (QED) is 0.815. The van der Waals surface area contributed by atoms with E-state index < -0.39 is 0 Å². The molecule has 0 saturated carbocycles. The number of aromatic nitrogens is 1. The number of likely N-dealkylation sites (tertiary alicyclic amines) is 1. The highest BCUT2D eigenvalue weighted by Gasteiger charge is 2.26. The van der Waals surface area contributed by atoms with E-state index in [4.69, 9.17) is 12.2 Å². The van der Waals surface area contributed by atoms with E-state index in [1.54, 1.807) is 0 Å². The lowest BCUT2D eigenvalue weighted by molar-refractivity contribution is 0.248. The highest BCUT2D eigenvalue weighted by atomic mass is 32.1. The van der Waals surface area contributed by atoms with Gasteiger partial charge >= 0.3 is 0 Å². The van der Waals surface area contributed by atoms with E-state index in [9.17, 15) is 0 Å². The molecule has 4 heteroatoms. The number of rotatable bonds is 2. The Balaban J connectivity index is 1.80. The third-order valence-corrected chi connectivity index (χ3v) is 4.80. The third-order valence-electron chi connectivity index (χ3n) is 4.47. The maximum absolute atomic E-state index is 5.73. The van der Waals surface area contributed by atoms with Crippen LogP contribution in [0.4, 0.5) is 5.69 Å². The first-order chi connectivity index (χ1) is 11.1. The highest BCUT2D eigenvalue weighted by Crippen LogP contribution is 2.31. The topological polar surface area (TPSA) is 28.2 Å². The zero-order valence-electron chi connectivity index (χ0n) is 13.7. The van der Waals surface area contributed by atoms with Gasteiger partial charge in [-0.25, -0.2) is 0 Å². The number of hydrogen-bond donors (Lipinski definition) is 1. The first-order valence-corrected chi connectivity index (χ1v) is 8.61. The van der Waals surface area contributed by atoms with Crippen LogP contribution in [0.25, 0.3) is 0 Å². The van der Waals surface area contributed by atoms with Crippen LogP contribution in [-0.2, 0) is 0 Å². The number of anilines is 1. The molecule has 1 fully saturated rings. The molecule has 120 valence electrons. The molecule has 23 heavy (non-hydrogen) atoms. The summed E-state index contributed by atoms with van der Waals surface area (Å²) in [6, 6.07) is 10.9. The molecule has 2 aromatic rings. The van der Waals surface area contributed by atoms with Gasteiger partial charge in [0.05, 0.1) is 6.04 Å². The normalized spacial score (nSPS) is 17.8. The van der Waals surface area contributed by atoms with Crippen molar-refractivity contribution >= 4 is 23.0 Å². The molecule has 0 unspecified atom stereocenters. The van der Waals surface area contributed by atoms with Gasteiger partial charge in [0, 0.05) is 24.6 Å². The van der Waals surface area contributed by atoms with Crippen molar-refractivity contribution in [3.05, 3.63) is 59.4 Å². The molecule has 1 aliphatic heterocycles. The second kappa shape index (κ2) is 7.09. The SMILES string of the molecule is Cc1ccc(C)c(NC(=S)N2CCCC[C@H]2c2cccnc2)c1. The Morgan fingerprint density at radius 2 is 2.13 bits per heavy atom. The van der Waals surface area contributed by atoms with Crippen LogP contribution >= 0.6 is 12.2 Å². The predicted octanol–water partition coefficient (Wildman–Crippen LogP) is 4.62. The maximum atomic E-state index is 5.73. The summed E-state index contributed by atoms with van der Waals surface area (Å²) in [5.41, 5.74) is 4.80. The Bertz CT molecular complexity index is 684. The molecular formula is C19H23N3S. The lowest BCUT2D eigenvalue weighted by Gasteiger charge is -2.38. The second-order valence-electron chi connectivity index (χ2n) is 6.24. The van der Waals surface area contributed by atoms with Gasteiger partial charge in [-0.2, -0.15) is 0 Å². The summed E-state index contributed by atoms with van der Waals surface area (Å²) >= 11 is 5.73. The largest absolute Gasteiger partial charge is 0.342 e. The standard InChI is InChI=1S/C19H23N3S/c1-14-8-9-15(2)17(12-14)21-19(23)22-11-4-3-7-18(22)16-6-5-10-20-13-16/h5-6,8-10,12-13,18H,3-4,7,11H2,1-2H3,(H,21,23)/t18-/m0/s1. The number of thiocarbonyl (C=S) groups is 1. The average Bonchev–Trinajstić information content (AvgIpc) is 2.59.